The normalized spacial score (nSPS) is 13.5. The number of carbonyl (C=O) groups is 2. The summed E-state index contributed by atoms with van der Waals surface area (Å²) in [5.74, 6) is 0.463. The van der Waals surface area contributed by atoms with Gasteiger partial charge in [0.15, 0.2) is 12.3 Å². The molecule has 0 bridgehead atoms. The van der Waals surface area contributed by atoms with Crippen LogP contribution in [0.15, 0.2) is 34.9 Å². The molecule has 3 rings (SSSR count). The minimum atomic E-state index is -1.01. The Morgan fingerprint density at radius 3 is 2.71 bits per heavy atom. The van der Waals surface area contributed by atoms with Gasteiger partial charge in [0.05, 0.1) is 0 Å². The van der Waals surface area contributed by atoms with Crippen molar-refractivity contribution in [3.8, 4) is 5.75 Å². The Morgan fingerprint density at radius 1 is 1.29 bits per heavy atom. The number of rotatable bonds is 8. The molecule has 1 aromatic heterocycles. The van der Waals surface area contributed by atoms with Crippen LogP contribution in [0.2, 0.25) is 0 Å². The molecule has 2 N–H and O–H groups in total. The van der Waals surface area contributed by atoms with E-state index in [0.717, 1.165) is 24.2 Å². The van der Waals surface area contributed by atoms with Gasteiger partial charge in [-0.15, -0.1) is 0 Å². The highest BCUT2D eigenvalue weighted by atomic mass is 16.5. The lowest BCUT2D eigenvalue weighted by molar-refractivity contribution is -0.139. The van der Waals surface area contributed by atoms with Crippen molar-refractivity contribution in [3.05, 3.63) is 47.3 Å². The van der Waals surface area contributed by atoms with Gasteiger partial charge in [-0.3, -0.25) is 4.79 Å². The molecule has 7 nitrogen and oxygen atoms in total. The SMILES string of the molecule is O=C(O)COc1ccc(CCNC(=O)c2cc(C3CC3)on2)cc1. The second-order valence-corrected chi connectivity index (χ2v) is 5.72. The van der Waals surface area contributed by atoms with E-state index in [4.69, 9.17) is 14.4 Å². The van der Waals surface area contributed by atoms with Gasteiger partial charge in [0.1, 0.15) is 11.5 Å². The molecule has 0 unspecified atom stereocenters. The van der Waals surface area contributed by atoms with Crippen LogP contribution in [-0.4, -0.2) is 35.3 Å². The van der Waals surface area contributed by atoms with Crippen molar-refractivity contribution in [2.75, 3.05) is 13.2 Å². The van der Waals surface area contributed by atoms with E-state index < -0.39 is 5.97 Å². The third kappa shape index (κ3) is 4.34. The molecule has 126 valence electrons. The number of ether oxygens (including phenoxy) is 1. The summed E-state index contributed by atoms with van der Waals surface area (Å²) in [6.07, 6.45) is 2.85. The second kappa shape index (κ2) is 7.16. The quantitative estimate of drug-likeness (QED) is 0.767. The van der Waals surface area contributed by atoms with Crippen LogP contribution >= 0.6 is 0 Å². The van der Waals surface area contributed by atoms with Crippen molar-refractivity contribution in [2.24, 2.45) is 0 Å². The molecule has 1 amide bonds. The highest BCUT2D eigenvalue weighted by Crippen LogP contribution is 2.40. The van der Waals surface area contributed by atoms with Crippen LogP contribution in [0, 0.1) is 0 Å². The number of carboxylic acids is 1. The van der Waals surface area contributed by atoms with Crippen LogP contribution in [0.4, 0.5) is 0 Å². The molecule has 1 fully saturated rings. The number of amides is 1. The van der Waals surface area contributed by atoms with E-state index in [1.807, 2.05) is 12.1 Å². The molecule has 1 aliphatic carbocycles. The van der Waals surface area contributed by atoms with Crippen LogP contribution in [0.25, 0.3) is 0 Å². The third-order valence-electron chi connectivity index (χ3n) is 3.73. The van der Waals surface area contributed by atoms with Crippen LogP contribution in [0.1, 0.15) is 40.6 Å². The molecule has 24 heavy (non-hydrogen) atoms. The number of carboxylic acid groups (broad SMARTS) is 1. The zero-order valence-corrected chi connectivity index (χ0v) is 13.0. The van der Waals surface area contributed by atoms with Crippen LogP contribution in [0.3, 0.4) is 0 Å². The Hall–Kier alpha value is -2.83. The summed E-state index contributed by atoms with van der Waals surface area (Å²) in [7, 11) is 0. The van der Waals surface area contributed by atoms with E-state index in [9.17, 15) is 9.59 Å². The Kier molecular flexibility index (Phi) is 4.79. The zero-order valence-electron chi connectivity index (χ0n) is 13.0. The van der Waals surface area contributed by atoms with E-state index in [0.29, 0.717) is 30.3 Å². The van der Waals surface area contributed by atoms with Crippen LogP contribution < -0.4 is 10.1 Å². The number of hydrogen-bond donors (Lipinski definition) is 2. The first-order valence-corrected chi connectivity index (χ1v) is 7.80. The van der Waals surface area contributed by atoms with Crippen molar-refractivity contribution >= 4 is 11.9 Å². The first-order valence-electron chi connectivity index (χ1n) is 7.80. The van der Waals surface area contributed by atoms with E-state index in [-0.39, 0.29) is 12.5 Å². The molecule has 1 aliphatic rings. The molecule has 0 radical (unpaired) electrons. The van der Waals surface area contributed by atoms with Crippen molar-refractivity contribution in [1.29, 1.82) is 0 Å². The summed E-state index contributed by atoms with van der Waals surface area (Å²) in [4.78, 5) is 22.4. The van der Waals surface area contributed by atoms with E-state index in [1.54, 1.807) is 18.2 Å². The third-order valence-corrected chi connectivity index (χ3v) is 3.73. The predicted molar refractivity (Wildman–Crippen MR) is 84.1 cm³/mol. The molecule has 0 spiro atoms. The van der Waals surface area contributed by atoms with Gasteiger partial charge in [-0.1, -0.05) is 17.3 Å². The van der Waals surface area contributed by atoms with Crippen LogP contribution in [0.5, 0.6) is 5.75 Å². The highest BCUT2D eigenvalue weighted by Gasteiger charge is 2.28. The molecule has 7 heteroatoms. The topological polar surface area (TPSA) is 102 Å². The van der Waals surface area contributed by atoms with Gasteiger partial charge in [0.2, 0.25) is 0 Å². The van der Waals surface area contributed by atoms with Crippen LogP contribution in [-0.2, 0) is 11.2 Å². The number of aliphatic carboxylic acids is 1. The van der Waals surface area contributed by atoms with Crippen molar-refractivity contribution in [2.45, 2.75) is 25.2 Å². The average Bonchev–Trinajstić information content (AvgIpc) is 3.31. The Bertz CT molecular complexity index is 719. The summed E-state index contributed by atoms with van der Waals surface area (Å²) >= 11 is 0. The molecule has 2 aromatic rings. The fraction of sp³-hybridized carbons (Fsp3) is 0.353. The molecular formula is C17H18N2O5. The summed E-state index contributed by atoms with van der Waals surface area (Å²) in [6.45, 7) is 0.107. The smallest absolute Gasteiger partial charge is 0.341 e. The van der Waals surface area contributed by atoms with Gasteiger partial charge >= 0.3 is 5.97 Å². The molecule has 1 saturated carbocycles. The number of benzene rings is 1. The maximum absolute atomic E-state index is 12.0. The fourth-order valence-corrected chi connectivity index (χ4v) is 2.26. The van der Waals surface area contributed by atoms with Crippen molar-refractivity contribution in [3.63, 3.8) is 0 Å². The molecule has 1 aromatic carbocycles. The van der Waals surface area contributed by atoms with Crippen molar-refractivity contribution in [1.82, 2.24) is 10.5 Å². The number of aromatic nitrogens is 1. The molecule has 0 aliphatic heterocycles. The van der Waals surface area contributed by atoms with E-state index >= 15 is 0 Å². The van der Waals surface area contributed by atoms with Crippen molar-refractivity contribution < 1.29 is 24.0 Å². The van der Waals surface area contributed by atoms with Gasteiger partial charge in [-0.2, -0.15) is 0 Å². The van der Waals surface area contributed by atoms with Gasteiger partial charge in [-0.05, 0) is 37.0 Å². The second-order valence-electron chi connectivity index (χ2n) is 5.72. The van der Waals surface area contributed by atoms with Gasteiger partial charge in [0.25, 0.3) is 5.91 Å². The summed E-state index contributed by atoms with van der Waals surface area (Å²) < 4.78 is 10.2. The Labute approximate surface area is 138 Å². The number of nitrogens with one attached hydrogen (secondary N) is 1. The Balaban J connectivity index is 1.43. The predicted octanol–water partition coefficient (Wildman–Crippen LogP) is 1.99. The number of nitrogens with zero attached hydrogens (tertiary/aromatic N) is 1. The molecule has 0 atom stereocenters. The summed E-state index contributed by atoms with van der Waals surface area (Å²) in [5, 5.41) is 15.2. The number of hydrogen-bond acceptors (Lipinski definition) is 5. The zero-order chi connectivity index (χ0) is 16.9. The fourth-order valence-electron chi connectivity index (χ4n) is 2.26. The lowest BCUT2D eigenvalue weighted by Gasteiger charge is -2.06. The minimum absolute atomic E-state index is 0.243. The minimum Gasteiger partial charge on any atom is -0.482 e. The van der Waals surface area contributed by atoms with Gasteiger partial charge < -0.3 is 19.7 Å². The largest absolute Gasteiger partial charge is 0.482 e. The summed E-state index contributed by atoms with van der Waals surface area (Å²) in [5.41, 5.74) is 1.33. The maximum atomic E-state index is 12.0. The Morgan fingerprint density at radius 2 is 2.04 bits per heavy atom. The average molecular weight is 330 g/mol. The molecule has 0 saturated heterocycles. The van der Waals surface area contributed by atoms with E-state index in [2.05, 4.69) is 10.5 Å². The first-order chi connectivity index (χ1) is 11.6. The van der Waals surface area contributed by atoms with E-state index in [1.165, 1.54) is 0 Å². The maximum Gasteiger partial charge on any atom is 0.341 e. The lowest BCUT2D eigenvalue weighted by atomic mass is 10.1. The lowest BCUT2D eigenvalue weighted by Crippen LogP contribution is -2.25. The monoisotopic (exact) mass is 330 g/mol. The van der Waals surface area contributed by atoms with Gasteiger partial charge in [-0.25, -0.2) is 4.79 Å². The standard InChI is InChI=1S/C17H18N2O5/c20-16(21)10-23-13-5-1-11(2-6-13)7-8-18-17(22)14-9-15(24-19-14)12-3-4-12/h1-2,5-6,9,12H,3-4,7-8,10H2,(H,18,22)(H,20,21). The molecule has 1 heterocycles. The summed E-state index contributed by atoms with van der Waals surface area (Å²) in [6, 6.07) is 8.80. The molecular weight excluding hydrogens is 312 g/mol. The van der Waals surface area contributed by atoms with Gasteiger partial charge in [0, 0.05) is 18.5 Å². The number of carbonyl (C=O) groups excluding carboxylic acids is 1. The highest BCUT2D eigenvalue weighted by molar-refractivity contribution is 5.92. The first kappa shape index (κ1) is 16.0.